The fourth-order valence-electron chi connectivity index (χ4n) is 3.05. The van der Waals surface area contributed by atoms with Crippen LogP contribution in [0.4, 0.5) is 0 Å². The first kappa shape index (κ1) is 18.5. The van der Waals surface area contributed by atoms with Gasteiger partial charge in [0.1, 0.15) is 0 Å². The second-order valence-electron chi connectivity index (χ2n) is 6.70. The molecule has 1 fully saturated rings. The molecular weight excluding hydrogens is 354 g/mol. The summed E-state index contributed by atoms with van der Waals surface area (Å²) >= 11 is 0. The summed E-state index contributed by atoms with van der Waals surface area (Å²) in [5.41, 5.74) is 1.32. The van der Waals surface area contributed by atoms with Crippen molar-refractivity contribution < 1.29 is 13.2 Å². The van der Waals surface area contributed by atoms with Gasteiger partial charge in [-0.25, -0.2) is 13.1 Å². The minimum absolute atomic E-state index is 0.0737. The molecule has 0 aliphatic carbocycles. The molecule has 0 spiro atoms. The summed E-state index contributed by atoms with van der Waals surface area (Å²) in [4.78, 5) is 14.5. The average molecular weight is 377 g/mol. The van der Waals surface area contributed by atoms with Crippen molar-refractivity contribution in [3.8, 4) is 0 Å². The van der Waals surface area contributed by atoms with Crippen LogP contribution in [0.15, 0.2) is 35.4 Å². The number of rotatable bonds is 5. The van der Waals surface area contributed by atoms with E-state index in [0.29, 0.717) is 25.3 Å². The SMILES string of the molecule is Cc1ccc(S(=O)(=O)NCC2CCCN(C(=O)c3cn(C)nn3)C2)cc1. The summed E-state index contributed by atoms with van der Waals surface area (Å²) in [5, 5.41) is 7.65. The summed E-state index contributed by atoms with van der Waals surface area (Å²) in [6.45, 7) is 3.37. The predicted octanol–water partition coefficient (Wildman–Crippen LogP) is 0.954. The minimum Gasteiger partial charge on any atom is -0.337 e. The second kappa shape index (κ2) is 7.55. The van der Waals surface area contributed by atoms with Crippen LogP contribution < -0.4 is 4.72 Å². The lowest BCUT2D eigenvalue weighted by Crippen LogP contribution is -2.43. The number of carbonyl (C=O) groups is 1. The number of piperidine rings is 1. The fourth-order valence-corrected chi connectivity index (χ4v) is 4.17. The first-order chi connectivity index (χ1) is 12.3. The molecule has 3 rings (SSSR count). The number of sulfonamides is 1. The van der Waals surface area contributed by atoms with Crippen molar-refractivity contribution >= 4 is 15.9 Å². The van der Waals surface area contributed by atoms with E-state index in [2.05, 4.69) is 15.0 Å². The molecule has 0 saturated carbocycles. The van der Waals surface area contributed by atoms with Crippen molar-refractivity contribution in [3.05, 3.63) is 41.7 Å². The second-order valence-corrected chi connectivity index (χ2v) is 8.47. The maximum absolute atomic E-state index is 12.5. The summed E-state index contributed by atoms with van der Waals surface area (Å²) in [6.07, 6.45) is 3.30. The van der Waals surface area contributed by atoms with Gasteiger partial charge in [0.2, 0.25) is 10.0 Å². The van der Waals surface area contributed by atoms with Gasteiger partial charge in [0.05, 0.1) is 11.1 Å². The Bertz CT molecular complexity index is 876. The van der Waals surface area contributed by atoms with Crippen LogP contribution in [0.2, 0.25) is 0 Å². The van der Waals surface area contributed by atoms with Crippen LogP contribution in [0, 0.1) is 12.8 Å². The highest BCUT2D eigenvalue weighted by atomic mass is 32.2. The molecule has 1 amide bonds. The van der Waals surface area contributed by atoms with E-state index in [-0.39, 0.29) is 16.7 Å². The van der Waals surface area contributed by atoms with Gasteiger partial charge in [-0.2, -0.15) is 0 Å². The van der Waals surface area contributed by atoms with E-state index in [4.69, 9.17) is 0 Å². The number of carbonyl (C=O) groups excluding carboxylic acids is 1. The van der Waals surface area contributed by atoms with Crippen molar-refractivity contribution in [2.75, 3.05) is 19.6 Å². The van der Waals surface area contributed by atoms with Crippen LogP contribution in [0.3, 0.4) is 0 Å². The molecule has 1 aliphatic rings. The summed E-state index contributed by atoms with van der Waals surface area (Å²) in [7, 11) is -1.83. The Balaban J connectivity index is 1.60. The number of aromatic nitrogens is 3. The van der Waals surface area contributed by atoms with Gasteiger partial charge in [0.25, 0.3) is 5.91 Å². The smallest absolute Gasteiger partial charge is 0.276 e. The molecule has 1 atom stereocenters. The predicted molar refractivity (Wildman–Crippen MR) is 96.0 cm³/mol. The lowest BCUT2D eigenvalue weighted by molar-refractivity contribution is 0.0670. The first-order valence-corrected chi connectivity index (χ1v) is 10.1. The van der Waals surface area contributed by atoms with Crippen LogP contribution in [-0.4, -0.2) is 53.9 Å². The van der Waals surface area contributed by atoms with Crippen LogP contribution in [0.25, 0.3) is 0 Å². The molecule has 9 heteroatoms. The Kier molecular flexibility index (Phi) is 5.38. The number of amides is 1. The Morgan fingerprint density at radius 2 is 2.04 bits per heavy atom. The van der Waals surface area contributed by atoms with E-state index in [9.17, 15) is 13.2 Å². The first-order valence-electron chi connectivity index (χ1n) is 8.57. The van der Waals surface area contributed by atoms with Gasteiger partial charge in [0.15, 0.2) is 5.69 Å². The van der Waals surface area contributed by atoms with Crippen LogP contribution in [0.1, 0.15) is 28.9 Å². The van der Waals surface area contributed by atoms with E-state index in [1.54, 1.807) is 42.4 Å². The molecule has 1 aliphatic heterocycles. The largest absolute Gasteiger partial charge is 0.337 e. The van der Waals surface area contributed by atoms with Crippen molar-refractivity contribution in [1.82, 2.24) is 24.6 Å². The summed E-state index contributed by atoms with van der Waals surface area (Å²) < 4.78 is 29.0. The molecule has 1 aromatic carbocycles. The zero-order valence-corrected chi connectivity index (χ0v) is 15.7. The topological polar surface area (TPSA) is 97.2 Å². The van der Waals surface area contributed by atoms with Crippen molar-refractivity contribution in [1.29, 1.82) is 0 Å². The Labute approximate surface area is 153 Å². The highest BCUT2D eigenvalue weighted by Crippen LogP contribution is 2.18. The molecular formula is C17H23N5O3S. The van der Waals surface area contributed by atoms with E-state index in [0.717, 1.165) is 18.4 Å². The number of nitrogens with one attached hydrogen (secondary N) is 1. The zero-order chi connectivity index (χ0) is 18.7. The summed E-state index contributed by atoms with van der Waals surface area (Å²) in [5.74, 6) is -0.0891. The normalized spacial score (nSPS) is 18.1. The molecule has 140 valence electrons. The molecule has 2 aromatic rings. The third kappa shape index (κ3) is 4.28. The van der Waals surface area contributed by atoms with Gasteiger partial charge < -0.3 is 4.90 Å². The number of nitrogens with zero attached hydrogens (tertiary/aromatic N) is 4. The van der Waals surface area contributed by atoms with Gasteiger partial charge in [-0.1, -0.05) is 22.9 Å². The van der Waals surface area contributed by atoms with E-state index >= 15 is 0 Å². The fraction of sp³-hybridized carbons (Fsp3) is 0.471. The highest BCUT2D eigenvalue weighted by Gasteiger charge is 2.27. The molecule has 1 aromatic heterocycles. The van der Waals surface area contributed by atoms with E-state index in [1.165, 1.54) is 4.68 Å². The lowest BCUT2D eigenvalue weighted by Gasteiger charge is -2.32. The average Bonchev–Trinajstić information content (AvgIpc) is 3.06. The van der Waals surface area contributed by atoms with E-state index in [1.807, 2.05) is 6.92 Å². The number of likely N-dealkylation sites (tertiary alicyclic amines) is 1. The quantitative estimate of drug-likeness (QED) is 0.837. The maximum Gasteiger partial charge on any atom is 0.276 e. The minimum atomic E-state index is -3.54. The summed E-state index contributed by atoms with van der Waals surface area (Å²) in [6, 6.07) is 6.75. The molecule has 26 heavy (non-hydrogen) atoms. The van der Waals surface area contributed by atoms with Crippen LogP contribution in [-0.2, 0) is 17.1 Å². The number of aryl methyl sites for hydroxylation is 2. The molecule has 0 bridgehead atoms. The lowest BCUT2D eigenvalue weighted by atomic mass is 9.98. The van der Waals surface area contributed by atoms with Crippen LogP contribution >= 0.6 is 0 Å². The van der Waals surface area contributed by atoms with Crippen LogP contribution in [0.5, 0.6) is 0 Å². The molecule has 2 heterocycles. The van der Waals surface area contributed by atoms with Gasteiger partial charge in [-0.05, 0) is 37.8 Å². The van der Waals surface area contributed by atoms with Crippen molar-refractivity contribution in [3.63, 3.8) is 0 Å². The van der Waals surface area contributed by atoms with Gasteiger partial charge in [0, 0.05) is 26.7 Å². The van der Waals surface area contributed by atoms with Crippen molar-refractivity contribution in [2.45, 2.75) is 24.7 Å². The monoisotopic (exact) mass is 377 g/mol. The molecule has 1 N–H and O–H groups in total. The van der Waals surface area contributed by atoms with Crippen molar-refractivity contribution in [2.24, 2.45) is 13.0 Å². The Morgan fingerprint density at radius 3 is 2.69 bits per heavy atom. The Morgan fingerprint density at radius 1 is 1.31 bits per heavy atom. The third-order valence-electron chi connectivity index (χ3n) is 4.52. The molecule has 8 nitrogen and oxygen atoms in total. The van der Waals surface area contributed by atoms with Gasteiger partial charge in [-0.15, -0.1) is 5.10 Å². The highest BCUT2D eigenvalue weighted by molar-refractivity contribution is 7.89. The third-order valence-corrected chi connectivity index (χ3v) is 5.96. The number of hydrogen-bond acceptors (Lipinski definition) is 5. The number of benzene rings is 1. The molecule has 1 saturated heterocycles. The zero-order valence-electron chi connectivity index (χ0n) is 14.9. The van der Waals surface area contributed by atoms with Gasteiger partial charge in [-0.3, -0.25) is 9.48 Å². The maximum atomic E-state index is 12.5. The Hall–Kier alpha value is -2.26. The molecule has 0 radical (unpaired) electrons. The van der Waals surface area contributed by atoms with E-state index < -0.39 is 10.0 Å². The number of hydrogen-bond donors (Lipinski definition) is 1. The van der Waals surface area contributed by atoms with Gasteiger partial charge >= 0.3 is 0 Å². The molecule has 1 unspecified atom stereocenters. The standard InChI is InChI=1S/C17H23N5O3S/c1-13-5-7-15(8-6-13)26(24,25)18-10-14-4-3-9-22(11-14)17(23)16-12-21(2)20-19-16/h5-8,12,14,18H,3-4,9-11H2,1-2H3.